The average molecular weight is 271 g/mol. The number of hydrogen-bond donors (Lipinski definition) is 0. The first kappa shape index (κ1) is 10.9. The molecule has 1 aliphatic rings. The third kappa shape index (κ3) is 3.07. The van der Waals surface area contributed by atoms with Gasteiger partial charge in [0, 0.05) is 33.6 Å². The van der Waals surface area contributed by atoms with Gasteiger partial charge in [0.25, 0.3) is 0 Å². The zero-order valence-corrected chi connectivity index (χ0v) is 11.1. The molecule has 0 amide bonds. The Morgan fingerprint density at radius 3 is 2.94 bits per heavy atom. The van der Waals surface area contributed by atoms with E-state index >= 15 is 0 Å². The van der Waals surface area contributed by atoms with Crippen molar-refractivity contribution < 1.29 is 12.2 Å². The van der Waals surface area contributed by atoms with E-state index in [1.807, 2.05) is 0 Å². The van der Waals surface area contributed by atoms with Gasteiger partial charge in [-0.15, -0.1) is 0 Å². The standard InChI is InChI=1S/C13H17ClN2O2/c1-17-13(18-2)8-11-9(6-7-15-11)10-4-3-5-12(14)16-10/h3-5,7,9,11,13H,6,8H2,1-2H3/t9-,11-/m1/s1/i9D,11D. The Morgan fingerprint density at radius 1 is 1.50 bits per heavy atom. The molecule has 0 bridgehead atoms. The van der Waals surface area contributed by atoms with Crippen LogP contribution in [0.25, 0.3) is 0 Å². The van der Waals surface area contributed by atoms with E-state index in [2.05, 4.69) is 9.98 Å². The molecule has 2 heterocycles. The molecule has 0 unspecified atom stereocenters. The van der Waals surface area contributed by atoms with Crippen molar-refractivity contribution in [2.45, 2.75) is 31.0 Å². The number of methoxy groups -OCH3 is 2. The van der Waals surface area contributed by atoms with Crippen LogP contribution in [0.4, 0.5) is 0 Å². The van der Waals surface area contributed by atoms with Gasteiger partial charge in [-0.05, 0) is 24.8 Å². The summed E-state index contributed by atoms with van der Waals surface area (Å²) in [6.45, 7) is 0. The Kier molecular flexibility index (Phi) is 3.80. The quantitative estimate of drug-likeness (QED) is 0.610. The lowest BCUT2D eigenvalue weighted by molar-refractivity contribution is -0.109. The number of hydrogen-bond acceptors (Lipinski definition) is 4. The van der Waals surface area contributed by atoms with Gasteiger partial charge in [-0.2, -0.15) is 0 Å². The molecule has 0 spiro atoms. The number of aromatic nitrogens is 1. The van der Waals surface area contributed by atoms with Gasteiger partial charge in [-0.25, -0.2) is 4.98 Å². The van der Waals surface area contributed by atoms with Crippen LogP contribution < -0.4 is 0 Å². The largest absolute Gasteiger partial charge is 0.356 e. The molecule has 0 saturated heterocycles. The third-order valence-electron chi connectivity index (χ3n) is 2.80. The Hall–Kier alpha value is -0.970. The Balaban J connectivity index is 2.34. The van der Waals surface area contributed by atoms with E-state index in [0.29, 0.717) is 17.3 Å². The van der Waals surface area contributed by atoms with Crippen molar-refractivity contribution in [1.29, 1.82) is 0 Å². The van der Waals surface area contributed by atoms with Crippen molar-refractivity contribution in [2.75, 3.05) is 14.2 Å². The zero-order chi connectivity index (χ0) is 14.8. The second-order valence-corrected chi connectivity index (χ2v) is 4.28. The van der Waals surface area contributed by atoms with Crippen molar-refractivity contribution in [3.05, 3.63) is 29.0 Å². The molecule has 1 aliphatic heterocycles. The smallest absolute Gasteiger partial charge is 0.158 e. The lowest BCUT2D eigenvalue weighted by Gasteiger charge is -2.21. The van der Waals surface area contributed by atoms with Gasteiger partial charge in [0.05, 0.1) is 7.39 Å². The van der Waals surface area contributed by atoms with Crippen LogP contribution in [0.15, 0.2) is 23.2 Å². The van der Waals surface area contributed by atoms with E-state index in [-0.39, 0.29) is 6.42 Å². The van der Waals surface area contributed by atoms with Crippen LogP contribution in [0.3, 0.4) is 0 Å². The van der Waals surface area contributed by atoms with E-state index in [9.17, 15) is 0 Å². The Bertz CT molecular complexity index is 513. The minimum absolute atomic E-state index is 0.147. The van der Waals surface area contributed by atoms with Crippen LogP contribution in [0.2, 0.25) is 5.15 Å². The highest BCUT2D eigenvalue weighted by Gasteiger charge is 2.29. The van der Waals surface area contributed by atoms with E-state index in [0.717, 1.165) is 0 Å². The van der Waals surface area contributed by atoms with Crippen LogP contribution in [0.1, 0.15) is 27.2 Å². The average Bonchev–Trinajstić information content (AvgIpc) is 2.73. The second kappa shape index (κ2) is 6.27. The van der Waals surface area contributed by atoms with Crippen molar-refractivity contribution >= 4 is 17.8 Å². The summed E-state index contributed by atoms with van der Waals surface area (Å²) in [6.07, 6.45) is 1.45. The first-order valence-corrected chi connectivity index (χ1v) is 6.05. The maximum Gasteiger partial charge on any atom is 0.158 e. The molecule has 0 aliphatic carbocycles. The van der Waals surface area contributed by atoms with Crippen LogP contribution in [-0.2, 0) is 9.47 Å². The third-order valence-corrected chi connectivity index (χ3v) is 3.01. The second-order valence-electron chi connectivity index (χ2n) is 3.89. The fourth-order valence-corrected chi connectivity index (χ4v) is 2.03. The summed E-state index contributed by atoms with van der Waals surface area (Å²) in [7, 11) is 3.00. The number of pyridine rings is 1. The minimum Gasteiger partial charge on any atom is -0.356 e. The number of aliphatic imine (C=N–C) groups is 1. The molecule has 98 valence electrons. The topological polar surface area (TPSA) is 43.7 Å². The van der Waals surface area contributed by atoms with Crippen molar-refractivity contribution in [1.82, 2.24) is 4.98 Å². The SMILES string of the molecule is [2H][C@]1(CC(OC)OC)N=CC[C@]1([2H])c1cccc(Cl)n1. The Morgan fingerprint density at radius 2 is 2.28 bits per heavy atom. The predicted molar refractivity (Wildman–Crippen MR) is 71.3 cm³/mol. The summed E-state index contributed by atoms with van der Waals surface area (Å²) < 4.78 is 27.5. The van der Waals surface area contributed by atoms with Crippen molar-refractivity contribution in [3.8, 4) is 0 Å². The van der Waals surface area contributed by atoms with Crippen LogP contribution >= 0.6 is 11.6 Å². The van der Waals surface area contributed by atoms with Gasteiger partial charge in [0.15, 0.2) is 6.29 Å². The van der Waals surface area contributed by atoms with Gasteiger partial charge >= 0.3 is 0 Å². The molecular formula is C13H17ClN2O2. The molecule has 0 saturated carbocycles. The lowest BCUT2D eigenvalue weighted by atomic mass is 9.93. The first-order chi connectivity index (χ1) is 9.45. The summed E-state index contributed by atoms with van der Waals surface area (Å²) in [5.74, 6) is -1.30. The number of nitrogens with zero attached hydrogens (tertiary/aromatic N) is 2. The van der Waals surface area contributed by atoms with Crippen LogP contribution in [-0.4, -0.2) is 37.7 Å². The van der Waals surface area contributed by atoms with Crippen LogP contribution in [0, 0.1) is 0 Å². The molecule has 2 atom stereocenters. The predicted octanol–water partition coefficient (Wildman–Crippen LogP) is 2.67. The van der Waals surface area contributed by atoms with Gasteiger partial charge in [-0.1, -0.05) is 17.7 Å². The molecule has 0 aromatic carbocycles. The van der Waals surface area contributed by atoms with Crippen LogP contribution in [0.5, 0.6) is 0 Å². The number of rotatable bonds is 5. The van der Waals surface area contributed by atoms with Gasteiger partial charge in [-0.3, -0.25) is 4.99 Å². The molecular weight excluding hydrogens is 252 g/mol. The highest BCUT2D eigenvalue weighted by Crippen LogP contribution is 2.31. The number of halogens is 1. The fraction of sp³-hybridized carbons (Fsp3) is 0.538. The maximum atomic E-state index is 8.67. The van der Waals surface area contributed by atoms with Gasteiger partial charge in [0.2, 0.25) is 0 Å². The molecule has 0 radical (unpaired) electrons. The summed E-state index contributed by atoms with van der Waals surface area (Å²) in [4.78, 5) is 8.35. The molecule has 18 heavy (non-hydrogen) atoms. The molecule has 1 aromatic rings. The summed E-state index contributed by atoms with van der Waals surface area (Å²) in [6, 6.07) is 3.65. The molecule has 4 nitrogen and oxygen atoms in total. The molecule has 5 heteroatoms. The lowest BCUT2D eigenvalue weighted by Crippen LogP contribution is -2.23. The number of ether oxygens (including phenoxy) is 2. The van der Waals surface area contributed by atoms with Crippen molar-refractivity contribution in [3.63, 3.8) is 0 Å². The van der Waals surface area contributed by atoms with E-state index < -0.39 is 18.2 Å². The molecule has 0 N–H and O–H groups in total. The van der Waals surface area contributed by atoms with Gasteiger partial charge < -0.3 is 9.47 Å². The van der Waals surface area contributed by atoms with Crippen molar-refractivity contribution in [2.24, 2.45) is 4.99 Å². The van der Waals surface area contributed by atoms with Gasteiger partial charge in [0.1, 0.15) is 5.15 Å². The fourth-order valence-electron chi connectivity index (χ4n) is 1.87. The summed E-state index contributed by atoms with van der Waals surface area (Å²) in [5, 5.41) is 0.304. The molecule has 0 fully saturated rings. The van der Waals surface area contributed by atoms with E-state index in [4.69, 9.17) is 23.8 Å². The monoisotopic (exact) mass is 270 g/mol. The molecule has 2 rings (SSSR count). The highest BCUT2D eigenvalue weighted by molar-refractivity contribution is 6.29. The maximum absolute atomic E-state index is 8.67. The first-order valence-electron chi connectivity index (χ1n) is 6.67. The Labute approximate surface area is 115 Å². The van der Waals surface area contributed by atoms with E-state index in [1.165, 1.54) is 14.2 Å². The minimum atomic E-state index is -1.42. The summed E-state index contributed by atoms with van der Waals surface area (Å²) >= 11 is 5.89. The zero-order valence-electron chi connectivity index (χ0n) is 12.4. The normalized spacial score (nSPS) is 32.7. The molecule has 1 aromatic heterocycles. The summed E-state index contributed by atoms with van der Waals surface area (Å²) in [5.41, 5.74) is 0.434. The highest BCUT2D eigenvalue weighted by atomic mass is 35.5. The van der Waals surface area contributed by atoms with E-state index in [1.54, 1.807) is 24.4 Å².